The Labute approximate surface area is 76.5 Å². The van der Waals surface area contributed by atoms with E-state index in [1.807, 2.05) is 6.07 Å². The van der Waals surface area contributed by atoms with Crippen molar-refractivity contribution in [2.75, 3.05) is 13.7 Å². The first-order valence-electron chi connectivity index (χ1n) is 4.08. The first-order valence-corrected chi connectivity index (χ1v) is 4.08. The van der Waals surface area contributed by atoms with Gasteiger partial charge in [0.25, 0.3) is 0 Å². The van der Waals surface area contributed by atoms with E-state index in [2.05, 4.69) is 20.3 Å². The molecule has 0 radical (unpaired) electrons. The van der Waals surface area contributed by atoms with Crippen LogP contribution < -0.4 is 5.32 Å². The minimum Gasteiger partial charge on any atom is -0.469 e. The number of esters is 1. The van der Waals surface area contributed by atoms with E-state index in [9.17, 15) is 4.79 Å². The molecule has 1 aromatic rings. The third kappa shape index (κ3) is 3.71. The Hall–Kier alpha value is -1.36. The molecule has 5 nitrogen and oxygen atoms in total. The second kappa shape index (κ2) is 5.31. The molecule has 72 valence electrons. The summed E-state index contributed by atoms with van der Waals surface area (Å²) in [6, 6.07) is 1.88. The zero-order valence-electron chi connectivity index (χ0n) is 7.54. The van der Waals surface area contributed by atoms with E-state index in [0.29, 0.717) is 19.5 Å². The van der Waals surface area contributed by atoms with Crippen LogP contribution in [0, 0.1) is 0 Å². The van der Waals surface area contributed by atoms with E-state index < -0.39 is 0 Å². The van der Waals surface area contributed by atoms with Gasteiger partial charge in [-0.2, -0.15) is 5.10 Å². The minimum absolute atomic E-state index is 0.197. The second-order valence-electron chi connectivity index (χ2n) is 2.58. The Morgan fingerprint density at radius 2 is 2.62 bits per heavy atom. The molecule has 0 aliphatic heterocycles. The van der Waals surface area contributed by atoms with Crippen LogP contribution in [-0.4, -0.2) is 29.8 Å². The van der Waals surface area contributed by atoms with Gasteiger partial charge in [-0.15, -0.1) is 0 Å². The molecule has 0 amide bonds. The van der Waals surface area contributed by atoms with Crippen molar-refractivity contribution in [3.63, 3.8) is 0 Å². The quantitative estimate of drug-likeness (QED) is 0.500. The van der Waals surface area contributed by atoms with Crippen molar-refractivity contribution in [1.82, 2.24) is 15.5 Å². The van der Waals surface area contributed by atoms with E-state index in [0.717, 1.165) is 5.69 Å². The summed E-state index contributed by atoms with van der Waals surface area (Å²) in [6.07, 6.45) is 2.09. The number of carbonyl (C=O) groups excluding carboxylic acids is 1. The van der Waals surface area contributed by atoms with Crippen molar-refractivity contribution in [2.45, 2.75) is 13.0 Å². The summed E-state index contributed by atoms with van der Waals surface area (Å²) < 4.78 is 4.49. The summed E-state index contributed by atoms with van der Waals surface area (Å²) in [5.74, 6) is -0.197. The third-order valence-corrected chi connectivity index (χ3v) is 1.61. The van der Waals surface area contributed by atoms with Crippen LogP contribution in [0.15, 0.2) is 12.3 Å². The van der Waals surface area contributed by atoms with Gasteiger partial charge in [-0.05, 0) is 6.07 Å². The maximum absolute atomic E-state index is 10.7. The summed E-state index contributed by atoms with van der Waals surface area (Å²) in [5, 5.41) is 9.69. The molecule has 0 aliphatic carbocycles. The fraction of sp³-hybridized carbons (Fsp3) is 0.500. The van der Waals surface area contributed by atoms with Crippen molar-refractivity contribution < 1.29 is 9.53 Å². The Balaban J connectivity index is 2.05. The average molecular weight is 183 g/mol. The first kappa shape index (κ1) is 9.73. The van der Waals surface area contributed by atoms with E-state index in [1.54, 1.807) is 6.20 Å². The van der Waals surface area contributed by atoms with Gasteiger partial charge in [-0.25, -0.2) is 0 Å². The minimum atomic E-state index is -0.197. The predicted octanol–water partition coefficient (Wildman–Crippen LogP) is 0.0624. The monoisotopic (exact) mass is 183 g/mol. The smallest absolute Gasteiger partial charge is 0.306 e. The number of hydrogen-bond donors (Lipinski definition) is 2. The lowest BCUT2D eigenvalue weighted by Crippen LogP contribution is -2.18. The van der Waals surface area contributed by atoms with Gasteiger partial charge in [0.2, 0.25) is 0 Å². The van der Waals surface area contributed by atoms with Crippen LogP contribution >= 0.6 is 0 Å². The van der Waals surface area contributed by atoms with Gasteiger partial charge in [0.15, 0.2) is 0 Å². The van der Waals surface area contributed by atoms with E-state index in [1.165, 1.54) is 7.11 Å². The van der Waals surface area contributed by atoms with Crippen molar-refractivity contribution in [3.05, 3.63) is 18.0 Å². The molecular formula is C8H13N3O2. The van der Waals surface area contributed by atoms with Gasteiger partial charge in [-0.1, -0.05) is 0 Å². The van der Waals surface area contributed by atoms with Gasteiger partial charge in [0, 0.05) is 25.0 Å². The Bertz CT molecular complexity index is 246. The number of aromatic nitrogens is 2. The maximum Gasteiger partial charge on any atom is 0.306 e. The van der Waals surface area contributed by atoms with Crippen LogP contribution in [0.1, 0.15) is 12.1 Å². The molecule has 0 spiro atoms. The summed E-state index contributed by atoms with van der Waals surface area (Å²) in [7, 11) is 1.39. The predicted molar refractivity (Wildman–Crippen MR) is 46.9 cm³/mol. The largest absolute Gasteiger partial charge is 0.469 e. The molecule has 13 heavy (non-hydrogen) atoms. The Morgan fingerprint density at radius 3 is 3.23 bits per heavy atom. The molecule has 0 saturated carbocycles. The number of rotatable bonds is 5. The van der Waals surface area contributed by atoms with Crippen LogP contribution in [0.4, 0.5) is 0 Å². The van der Waals surface area contributed by atoms with Gasteiger partial charge >= 0.3 is 5.97 Å². The summed E-state index contributed by atoms with van der Waals surface area (Å²) in [4.78, 5) is 10.7. The van der Waals surface area contributed by atoms with Crippen molar-refractivity contribution in [2.24, 2.45) is 0 Å². The lowest BCUT2D eigenvalue weighted by atomic mass is 10.4. The molecule has 0 bridgehead atoms. The van der Waals surface area contributed by atoms with Gasteiger partial charge in [-0.3, -0.25) is 9.89 Å². The molecule has 1 rings (SSSR count). The summed E-state index contributed by atoms with van der Waals surface area (Å²) in [6.45, 7) is 1.31. The number of carbonyl (C=O) groups is 1. The maximum atomic E-state index is 10.7. The van der Waals surface area contributed by atoms with E-state index >= 15 is 0 Å². The normalized spacial score (nSPS) is 9.92. The van der Waals surface area contributed by atoms with Crippen molar-refractivity contribution >= 4 is 5.97 Å². The van der Waals surface area contributed by atoms with Crippen molar-refractivity contribution in [3.8, 4) is 0 Å². The third-order valence-electron chi connectivity index (χ3n) is 1.61. The van der Waals surface area contributed by atoms with Crippen LogP contribution in [0.5, 0.6) is 0 Å². The molecule has 1 aromatic heterocycles. The molecule has 0 aliphatic rings. The number of H-pyrrole nitrogens is 1. The first-order chi connectivity index (χ1) is 6.33. The van der Waals surface area contributed by atoms with Gasteiger partial charge in [0.1, 0.15) is 0 Å². The number of aromatic amines is 1. The van der Waals surface area contributed by atoms with Gasteiger partial charge in [0.05, 0.1) is 13.5 Å². The molecule has 2 N–H and O–H groups in total. The number of nitrogens with one attached hydrogen (secondary N) is 2. The molecule has 0 aromatic carbocycles. The highest BCUT2D eigenvalue weighted by molar-refractivity contribution is 5.69. The Kier molecular flexibility index (Phi) is 3.98. The summed E-state index contributed by atoms with van der Waals surface area (Å²) >= 11 is 0. The second-order valence-corrected chi connectivity index (χ2v) is 2.58. The molecule has 0 saturated heterocycles. The zero-order valence-corrected chi connectivity index (χ0v) is 7.54. The van der Waals surface area contributed by atoms with Gasteiger partial charge < -0.3 is 10.1 Å². The van der Waals surface area contributed by atoms with E-state index in [4.69, 9.17) is 0 Å². The lowest BCUT2D eigenvalue weighted by molar-refractivity contribution is -0.140. The molecular weight excluding hydrogens is 170 g/mol. The number of nitrogens with zero attached hydrogens (tertiary/aromatic N) is 1. The van der Waals surface area contributed by atoms with Crippen LogP contribution in [0.2, 0.25) is 0 Å². The van der Waals surface area contributed by atoms with Crippen LogP contribution in [-0.2, 0) is 16.1 Å². The fourth-order valence-corrected chi connectivity index (χ4v) is 0.899. The number of ether oxygens (including phenoxy) is 1. The van der Waals surface area contributed by atoms with E-state index in [-0.39, 0.29) is 5.97 Å². The molecule has 5 heteroatoms. The number of methoxy groups -OCH3 is 1. The molecule has 0 atom stereocenters. The lowest BCUT2D eigenvalue weighted by Gasteiger charge is -2.01. The number of hydrogen-bond acceptors (Lipinski definition) is 4. The molecule has 0 unspecified atom stereocenters. The molecule has 0 fully saturated rings. The molecule has 1 heterocycles. The fourth-order valence-electron chi connectivity index (χ4n) is 0.899. The SMILES string of the molecule is COC(=O)CCNCc1ccn[nH]1. The summed E-state index contributed by atoms with van der Waals surface area (Å²) in [5.41, 5.74) is 1.00. The van der Waals surface area contributed by atoms with Crippen LogP contribution in [0.3, 0.4) is 0 Å². The average Bonchev–Trinajstić information content (AvgIpc) is 2.64. The van der Waals surface area contributed by atoms with Crippen LogP contribution in [0.25, 0.3) is 0 Å². The highest BCUT2D eigenvalue weighted by atomic mass is 16.5. The highest BCUT2D eigenvalue weighted by Gasteiger charge is 1.98. The topological polar surface area (TPSA) is 67.0 Å². The van der Waals surface area contributed by atoms with Crippen molar-refractivity contribution in [1.29, 1.82) is 0 Å². The Morgan fingerprint density at radius 1 is 1.77 bits per heavy atom. The standard InChI is InChI=1S/C8H13N3O2/c1-13-8(12)3-4-9-6-7-2-5-10-11-7/h2,5,9H,3-4,6H2,1H3,(H,10,11). The highest BCUT2D eigenvalue weighted by Crippen LogP contribution is 1.90. The zero-order chi connectivity index (χ0) is 9.52.